The smallest absolute Gasteiger partial charge is 0.326 e. The maximum Gasteiger partial charge on any atom is 0.326 e. The summed E-state index contributed by atoms with van der Waals surface area (Å²) in [7, 11) is 0. The summed E-state index contributed by atoms with van der Waals surface area (Å²) in [6.45, 7) is -0.672. The van der Waals surface area contributed by atoms with Crippen LogP contribution in [-0.2, 0) is 20.7 Å². The Kier molecular flexibility index (Phi) is 6.94. The molecule has 26 heavy (non-hydrogen) atoms. The van der Waals surface area contributed by atoms with E-state index in [1.54, 1.807) is 12.1 Å². The summed E-state index contributed by atoms with van der Waals surface area (Å²) < 4.78 is 18.2. The summed E-state index contributed by atoms with van der Waals surface area (Å²) in [6, 6.07) is 9.11. The molecule has 0 saturated carbocycles. The van der Waals surface area contributed by atoms with Crippen LogP contribution in [0.5, 0.6) is 0 Å². The fraction of sp³-hybridized carbons (Fsp3) is 0.118. The molecule has 2 N–H and O–H groups in total. The fourth-order valence-corrected chi connectivity index (χ4v) is 2.37. The predicted molar refractivity (Wildman–Crippen MR) is 94.7 cm³/mol. The Labute approximate surface area is 158 Å². The molecule has 2 aromatic carbocycles. The third kappa shape index (κ3) is 6.02. The number of carbonyl (C=O) groups excluding carboxylic acids is 3. The van der Waals surface area contributed by atoms with Gasteiger partial charge in [0.25, 0.3) is 5.91 Å². The van der Waals surface area contributed by atoms with E-state index in [0.717, 1.165) is 6.07 Å². The second kappa shape index (κ2) is 9.17. The van der Waals surface area contributed by atoms with Gasteiger partial charge in [-0.15, -0.1) is 0 Å². The number of ether oxygens (including phenoxy) is 1. The minimum Gasteiger partial charge on any atom is -0.455 e. The van der Waals surface area contributed by atoms with Gasteiger partial charge in [0, 0.05) is 10.0 Å². The number of esters is 1. The number of urea groups is 1. The molecule has 0 aliphatic rings. The van der Waals surface area contributed by atoms with E-state index in [1.807, 2.05) is 5.32 Å². The lowest BCUT2D eigenvalue weighted by Crippen LogP contribution is -2.37. The Morgan fingerprint density at radius 2 is 1.81 bits per heavy atom. The highest BCUT2D eigenvalue weighted by atomic mass is 35.5. The average Bonchev–Trinajstić information content (AvgIpc) is 2.57. The zero-order valence-corrected chi connectivity index (χ0v) is 14.7. The van der Waals surface area contributed by atoms with E-state index in [0.29, 0.717) is 15.6 Å². The highest BCUT2D eigenvalue weighted by Crippen LogP contribution is 2.21. The first kappa shape index (κ1) is 19.7. The molecule has 0 spiro atoms. The highest BCUT2D eigenvalue weighted by Gasteiger charge is 2.14. The van der Waals surface area contributed by atoms with E-state index < -0.39 is 30.3 Å². The minimum absolute atomic E-state index is 0.0906. The Bertz CT molecular complexity index is 845. The number of para-hydroxylation sites is 1. The topological polar surface area (TPSA) is 84.5 Å². The van der Waals surface area contributed by atoms with Crippen molar-refractivity contribution in [1.29, 1.82) is 0 Å². The Morgan fingerprint density at radius 3 is 2.50 bits per heavy atom. The summed E-state index contributed by atoms with van der Waals surface area (Å²) >= 11 is 11.7. The summed E-state index contributed by atoms with van der Waals surface area (Å²) in [5.41, 5.74) is 0.394. The molecule has 0 bridgehead atoms. The normalized spacial score (nSPS) is 10.1. The minimum atomic E-state index is -0.947. The van der Waals surface area contributed by atoms with Crippen molar-refractivity contribution in [2.75, 3.05) is 11.9 Å². The highest BCUT2D eigenvalue weighted by molar-refractivity contribution is 6.35. The van der Waals surface area contributed by atoms with Crippen LogP contribution in [0, 0.1) is 5.82 Å². The molecule has 0 unspecified atom stereocenters. The number of imide groups is 1. The first-order valence-electron chi connectivity index (χ1n) is 7.30. The second-order valence-electron chi connectivity index (χ2n) is 5.06. The molecule has 6 nitrogen and oxygen atoms in total. The van der Waals surface area contributed by atoms with Crippen LogP contribution in [0.15, 0.2) is 42.5 Å². The van der Waals surface area contributed by atoms with Crippen molar-refractivity contribution < 1.29 is 23.5 Å². The zero-order valence-electron chi connectivity index (χ0n) is 13.2. The first-order valence-corrected chi connectivity index (χ1v) is 8.05. The Balaban J connectivity index is 1.78. The van der Waals surface area contributed by atoms with Crippen LogP contribution < -0.4 is 10.6 Å². The number of nitrogens with one attached hydrogen (secondary N) is 2. The van der Waals surface area contributed by atoms with Crippen molar-refractivity contribution in [2.45, 2.75) is 6.42 Å². The predicted octanol–water partition coefficient (Wildman–Crippen LogP) is 3.57. The Morgan fingerprint density at radius 1 is 1.08 bits per heavy atom. The lowest BCUT2D eigenvalue weighted by Gasteiger charge is -2.08. The summed E-state index contributed by atoms with van der Waals surface area (Å²) in [5.74, 6) is -2.23. The number of benzene rings is 2. The monoisotopic (exact) mass is 398 g/mol. The van der Waals surface area contributed by atoms with E-state index in [1.165, 1.54) is 24.3 Å². The summed E-state index contributed by atoms with van der Waals surface area (Å²) in [5, 5.41) is 4.80. The number of amides is 3. The SMILES string of the molecule is O=C(COC(=O)Cc1ccc(Cl)cc1Cl)NC(=O)Nc1ccccc1F. The fourth-order valence-electron chi connectivity index (χ4n) is 1.90. The maximum atomic E-state index is 13.4. The molecular formula is C17H13Cl2FN2O4. The van der Waals surface area contributed by atoms with Crippen molar-refractivity contribution in [3.05, 3.63) is 63.9 Å². The van der Waals surface area contributed by atoms with Crippen LogP contribution in [0.4, 0.5) is 14.9 Å². The van der Waals surface area contributed by atoms with Gasteiger partial charge in [0.1, 0.15) is 5.82 Å². The van der Waals surface area contributed by atoms with Crippen LogP contribution >= 0.6 is 23.2 Å². The molecule has 0 aliphatic carbocycles. The molecule has 0 heterocycles. The van der Waals surface area contributed by atoms with Gasteiger partial charge in [-0.05, 0) is 29.8 Å². The van der Waals surface area contributed by atoms with Crippen LogP contribution in [0.3, 0.4) is 0 Å². The largest absolute Gasteiger partial charge is 0.455 e. The van der Waals surface area contributed by atoms with Crippen LogP contribution in [0.2, 0.25) is 10.0 Å². The molecule has 2 rings (SSSR count). The average molecular weight is 399 g/mol. The molecule has 3 amide bonds. The van der Waals surface area contributed by atoms with Crippen LogP contribution in [0.25, 0.3) is 0 Å². The molecule has 136 valence electrons. The third-order valence-corrected chi connectivity index (χ3v) is 3.68. The van der Waals surface area contributed by atoms with Gasteiger partial charge in [-0.3, -0.25) is 14.9 Å². The van der Waals surface area contributed by atoms with Gasteiger partial charge in [0.2, 0.25) is 0 Å². The number of rotatable bonds is 5. The van der Waals surface area contributed by atoms with Gasteiger partial charge in [-0.2, -0.15) is 0 Å². The third-order valence-electron chi connectivity index (χ3n) is 3.09. The standard InChI is InChI=1S/C17H13Cl2FN2O4/c18-11-6-5-10(12(19)8-11)7-16(24)26-9-15(23)22-17(25)21-14-4-2-1-3-13(14)20/h1-6,8H,7,9H2,(H2,21,22,23,25). The van der Waals surface area contributed by atoms with Gasteiger partial charge in [-0.25, -0.2) is 9.18 Å². The first-order chi connectivity index (χ1) is 12.3. The van der Waals surface area contributed by atoms with E-state index in [2.05, 4.69) is 5.32 Å². The summed E-state index contributed by atoms with van der Waals surface area (Å²) in [4.78, 5) is 34.9. The van der Waals surface area contributed by atoms with Crippen LogP contribution in [-0.4, -0.2) is 24.5 Å². The molecule has 9 heteroatoms. The van der Waals surface area contributed by atoms with Crippen LogP contribution in [0.1, 0.15) is 5.56 Å². The van der Waals surface area contributed by atoms with Gasteiger partial charge >= 0.3 is 12.0 Å². The van der Waals surface area contributed by atoms with E-state index >= 15 is 0 Å². The van der Waals surface area contributed by atoms with Crippen molar-refractivity contribution in [2.24, 2.45) is 0 Å². The maximum absolute atomic E-state index is 13.4. The van der Waals surface area contributed by atoms with Crippen molar-refractivity contribution in [3.63, 3.8) is 0 Å². The number of halogens is 3. The lowest BCUT2D eigenvalue weighted by atomic mass is 10.1. The van der Waals surface area contributed by atoms with E-state index in [4.69, 9.17) is 27.9 Å². The van der Waals surface area contributed by atoms with E-state index in [9.17, 15) is 18.8 Å². The summed E-state index contributed by atoms with van der Waals surface area (Å²) in [6.07, 6.45) is -0.162. The molecule has 0 fully saturated rings. The molecule has 0 radical (unpaired) electrons. The quantitative estimate of drug-likeness (QED) is 0.753. The number of carbonyl (C=O) groups is 3. The van der Waals surface area contributed by atoms with Gasteiger partial charge < -0.3 is 10.1 Å². The molecule has 0 atom stereocenters. The van der Waals surface area contributed by atoms with Crippen molar-refractivity contribution in [3.8, 4) is 0 Å². The number of anilines is 1. The van der Waals surface area contributed by atoms with Crippen molar-refractivity contribution >= 4 is 46.8 Å². The molecule has 0 aromatic heterocycles. The zero-order chi connectivity index (χ0) is 19.1. The van der Waals surface area contributed by atoms with Crippen molar-refractivity contribution in [1.82, 2.24) is 5.32 Å². The van der Waals surface area contributed by atoms with Gasteiger partial charge in [0.15, 0.2) is 6.61 Å². The van der Waals surface area contributed by atoms with E-state index in [-0.39, 0.29) is 12.1 Å². The molecular weight excluding hydrogens is 386 g/mol. The molecule has 2 aromatic rings. The number of hydrogen-bond donors (Lipinski definition) is 2. The second-order valence-corrected chi connectivity index (χ2v) is 5.90. The lowest BCUT2D eigenvalue weighted by molar-refractivity contribution is -0.147. The van der Waals surface area contributed by atoms with Gasteiger partial charge in [-0.1, -0.05) is 41.4 Å². The molecule has 0 aliphatic heterocycles. The van der Waals surface area contributed by atoms with Gasteiger partial charge in [0.05, 0.1) is 12.1 Å². The molecule has 0 saturated heterocycles. The Hall–Kier alpha value is -2.64. The number of hydrogen-bond acceptors (Lipinski definition) is 4.